The van der Waals surface area contributed by atoms with Crippen LogP contribution < -0.4 is 5.32 Å². The molecule has 0 saturated carbocycles. The molecule has 1 aromatic heterocycles. The molecule has 5 nitrogen and oxygen atoms in total. The van der Waals surface area contributed by atoms with E-state index < -0.39 is 0 Å². The van der Waals surface area contributed by atoms with Crippen LogP contribution in [0.4, 0.5) is 0 Å². The highest BCUT2D eigenvalue weighted by Gasteiger charge is 2.34. The number of carbonyl (C=O) groups is 2. The van der Waals surface area contributed by atoms with E-state index in [0.717, 1.165) is 23.0 Å². The number of likely N-dealkylation sites (tertiary alicyclic amines) is 1. The van der Waals surface area contributed by atoms with Gasteiger partial charge in [0.15, 0.2) is 0 Å². The van der Waals surface area contributed by atoms with Crippen LogP contribution in [0.5, 0.6) is 0 Å². The molecule has 5 heteroatoms. The first-order valence-electron chi connectivity index (χ1n) is 9.80. The van der Waals surface area contributed by atoms with Crippen molar-refractivity contribution in [3.8, 4) is 0 Å². The molecular weight excluding hydrogens is 338 g/mol. The summed E-state index contributed by atoms with van der Waals surface area (Å²) in [5.74, 6) is 0.623. The second kappa shape index (κ2) is 7.37. The van der Waals surface area contributed by atoms with Crippen LogP contribution in [0.1, 0.15) is 51.4 Å². The number of amides is 2. The summed E-state index contributed by atoms with van der Waals surface area (Å²) in [5, 5.41) is 4.04. The van der Waals surface area contributed by atoms with Gasteiger partial charge in [0.05, 0.1) is 11.6 Å². The molecule has 146 valence electrons. The average Bonchev–Trinajstić information content (AvgIpc) is 2.86. The molecule has 1 saturated heterocycles. The Kier molecular flexibility index (Phi) is 5.31. The van der Waals surface area contributed by atoms with Gasteiger partial charge in [0, 0.05) is 43.2 Å². The molecule has 0 spiro atoms. The number of fused-ring (bicyclic) bond motifs is 1. The monoisotopic (exact) mass is 369 g/mol. The predicted molar refractivity (Wildman–Crippen MR) is 109 cm³/mol. The third-order valence-electron chi connectivity index (χ3n) is 4.81. The van der Waals surface area contributed by atoms with Gasteiger partial charge in [-0.2, -0.15) is 0 Å². The van der Waals surface area contributed by atoms with Crippen LogP contribution in [0.25, 0.3) is 10.9 Å². The molecule has 1 fully saturated rings. The van der Waals surface area contributed by atoms with Gasteiger partial charge in [-0.05, 0) is 17.4 Å². The lowest BCUT2D eigenvalue weighted by Gasteiger charge is -2.39. The third-order valence-corrected chi connectivity index (χ3v) is 4.81. The van der Waals surface area contributed by atoms with E-state index in [2.05, 4.69) is 50.6 Å². The molecule has 27 heavy (non-hydrogen) atoms. The Balaban J connectivity index is 1.67. The van der Waals surface area contributed by atoms with Crippen LogP contribution in [-0.2, 0) is 11.3 Å². The molecule has 1 N–H and O–H groups in total. The lowest BCUT2D eigenvalue weighted by atomic mass is 9.91. The highest BCUT2D eigenvalue weighted by atomic mass is 16.2. The van der Waals surface area contributed by atoms with Gasteiger partial charge in [0.25, 0.3) is 5.91 Å². The van der Waals surface area contributed by atoms with Crippen LogP contribution in [-0.4, -0.2) is 40.4 Å². The van der Waals surface area contributed by atoms with Gasteiger partial charge in [-0.25, -0.2) is 0 Å². The third kappa shape index (κ3) is 4.52. The number of carbonyl (C=O) groups excluding carboxylic acids is 2. The zero-order chi connectivity index (χ0) is 19.8. The lowest BCUT2D eigenvalue weighted by molar-refractivity contribution is -0.124. The number of aromatic nitrogens is 1. The van der Waals surface area contributed by atoms with Crippen molar-refractivity contribution in [2.24, 2.45) is 11.3 Å². The molecule has 3 rings (SSSR count). The van der Waals surface area contributed by atoms with Crippen molar-refractivity contribution in [2.45, 2.75) is 53.6 Å². The summed E-state index contributed by atoms with van der Waals surface area (Å²) in [6, 6.07) is 8.14. The van der Waals surface area contributed by atoms with Crippen LogP contribution in [0, 0.1) is 11.3 Å². The molecule has 0 bridgehead atoms. The van der Waals surface area contributed by atoms with Crippen LogP contribution in [0.15, 0.2) is 30.5 Å². The first kappa shape index (κ1) is 19.5. The molecule has 0 aliphatic carbocycles. The maximum absolute atomic E-state index is 13.0. The van der Waals surface area contributed by atoms with Crippen molar-refractivity contribution < 1.29 is 9.59 Å². The highest BCUT2D eigenvalue weighted by molar-refractivity contribution is 6.07. The molecule has 2 aromatic rings. The fraction of sp³-hybridized carbons (Fsp3) is 0.545. The Labute approximate surface area is 161 Å². The van der Waals surface area contributed by atoms with Crippen molar-refractivity contribution >= 4 is 22.7 Å². The van der Waals surface area contributed by atoms with E-state index in [0.29, 0.717) is 25.4 Å². The Morgan fingerprint density at radius 2 is 1.85 bits per heavy atom. The minimum atomic E-state index is -0.0262. The zero-order valence-electron chi connectivity index (χ0n) is 17.1. The average molecular weight is 370 g/mol. The molecule has 0 unspecified atom stereocenters. The van der Waals surface area contributed by atoms with Gasteiger partial charge in [-0.3, -0.25) is 9.59 Å². The summed E-state index contributed by atoms with van der Waals surface area (Å²) in [5.41, 5.74) is 1.83. The second-order valence-electron chi connectivity index (χ2n) is 9.32. The SMILES string of the molecule is CC(C)Cn1cc(C(=O)N2CC(NC(=O)CC(C)(C)C)C2)c2ccccc21. The topological polar surface area (TPSA) is 54.3 Å². The largest absolute Gasteiger partial charge is 0.350 e. The van der Waals surface area contributed by atoms with Crippen molar-refractivity contribution in [3.63, 3.8) is 0 Å². The van der Waals surface area contributed by atoms with E-state index >= 15 is 0 Å². The quantitative estimate of drug-likeness (QED) is 0.874. The van der Waals surface area contributed by atoms with Gasteiger partial charge < -0.3 is 14.8 Å². The molecule has 0 radical (unpaired) electrons. The van der Waals surface area contributed by atoms with Gasteiger partial charge in [0.2, 0.25) is 5.91 Å². The number of para-hydroxylation sites is 1. The van der Waals surface area contributed by atoms with Crippen LogP contribution in [0.3, 0.4) is 0 Å². The molecule has 0 atom stereocenters. The Morgan fingerprint density at radius 1 is 1.19 bits per heavy atom. The van der Waals surface area contributed by atoms with Crippen LogP contribution >= 0.6 is 0 Å². The summed E-state index contributed by atoms with van der Waals surface area (Å²) < 4.78 is 2.18. The van der Waals surface area contributed by atoms with E-state index in [1.165, 1.54) is 0 Å². The van der Waals surface area contributed by atoms with Crippen molar-refractivity contribution in [1.82, 2.24) is 14.8 Å². The van der Waals surface area contributed by atoms with E-state index in [-0.39, 0.29) is 23.3 Å². The molecular formula is C22H31N3O2. The Morgan fingerprint density at radius 3 is 2.48 bits per heavy atom. The Hall–Kier alpha value is -2.30. The second-order valence-corrected chi connectivity index (χ2v) is 9.32. The summed E-state index contributed by atoms with van der Waals surface area (Å²) in [4.78, 5) is 26.9. The van der Waals surface area contributed by atoms with Gasteiger partial charge in [0.1, 0.15) is 0 Å². The standard InChI is InChI=1S/C22H31N3O2/c1-15(2)11-24-14-18(17-8-6-7-9-19(17)24)21(27)25-12-16(13-25)23-20(26)10-22(3,4)5/h6-9,14-16H,10-13H2,1-5H3,(H,23,26). The number of hydrogen-bond donors (Lipinski definition) is 1. The summed E-state index contributed by atoms with van der Waals surface area (Å²) >= 11 is 0. The summed E-state index contributed by atoms with van der Waals surface area (Å²) in [7, 11) is 0. The van der Waals surface area contributed by atoms with E-state index in [4.69, 9.17) is 0 Å². The maximum Gasteiger partial charge on any atom is 0.256 e. The summed E-state index contributed by atoms with van der Waals surface area (Å²) in [6.07, 6.45) is 2.48. The van der Waals surface area contributed by atoms with Crippen molar-refractivity contribution in [2.75, 3.05) is 13.1 Å². The van der Waals surface area contributed by atoms with E-state index in [1.54, 1.807) is 0 Å². The van der Waals surface area contributed by atoms with Crippen molar-refractivity contribution in [1.29, 1.82) is 0 Å². The predicted octanol–water partition coefficient (Wildman–Crippen LogP) is 3.67. The molecule has 2 amide bonds. The van der Waals surface area contributed by atoms with Gasteiger partial charge in [-0.15, -0.1) is 0 Å². The molecule has 2 heterocycles. The minimum Gasteiger partial charge on any atom is -0.350 e. The summed E-state index contributed by atoms with van der Waals surface area (Å²) in [6.45, 7) is 12.6. The number of rotatable bonds is 5. The number of benzene rings is 1. The fourth-order valence-electron chi connectivity index (χ4n) is 3.63. The first-order chi connectivity index (χ1) is 12.6. The smallest absolute Gasteiger partial charge is 0.256 e. The van der Waals surface area contributed by atoms with E-state index in [9.17, 15) is 9.59 Å². The molecule has 1 aliphatic heterocycles. The fourth-order valence-corrected chi connectivity index (χ4v) is 3.63. The molecule has 1 aliphatic rings. The lowest BCUT2D eigenvalue weighted by Crippen LogP contribution is -2.61. The minimum absolute atomic E-state index is 0.0262. The number of nitrogens with one attached hydrogen (secondary N) is 1. The first-order valence-corrected chi connectivity index (χ1v) is 9.80. The maximum atomic E-state index is 13.0. The van der Waals surface area contributed by atoms with Gasteiger partial charge in [-0.1, -0.05) is 52.8 Å². The normalized spacial score (nSPS) is 15.3. The molecule has 1 aromatic carbocycles. The van der Waals surface area contributed by atoms with Crippen LogP contribution in [0.2, 0.25) is 0 Å². The van der Waals surface area contributed by atoms with Crippen molar-refractivity contribution in [3.05, 3.63) is 36.0 Å². The van der Waals surface area contributed by atoms with E-state index in [1.807, 2.05) is 29.3 Å². The Bertz CT molecular complexity index is 839. The number of nitrogens with zero attached hydrogens (tertiary/aromatic N) is 2. The van der Waals surface area contributed by atoms with Gasteiger partial charge >= 0.3 is 0 Å². The zero-order valence-corrected chi connectivity index (χ0v) is 17.1. The highest BCUT2D eigenvalue weighted by Crippen LogP contribution is 2.25. The number of hydrogen-bond acceptors (Lipinski definition) is 2.